The second kappa shape index (κ2) is 6.28. The molecule has 1 aliphatic rings. The number of nitrogens with zero attached hydrogens (tertiary/aromatic N) is 3. The second-order valence-corrected chi connectivity index (χ2v) is 6.71. The van der Waals surface area contributed by atoms with Crippen LogP contribution in [0.2, 0.25) is 0 Å². The highest BCUT2D eigenvalue weighted by Crippen LogP contribution is 2.25. The van der Waals surface area contributed by atoms with Crippen LogP contribution in [-0.2, 0) is 27.4 Å². The van der Waals surface area contributed by atoms with Crippen LogP contribution < -0.4 is 0 Å². The molecule has 122 valence electrons. The van der Waals surface area contributed by atoms with Gasteiger partial charge in [-0.2, -0.15) is 0 Å². The molecule has 2 rings (SSSR count). The van der Waals surface area contributed by atoms with Crippen molar-refractivity contribution in [1.29, 1.82) is 0 Å². The molecule has 7 nitrogen and oxygen atoms in total. The lowest BCUT2D eigenvalue weighted by atomic mass is 10.1. The number of esters is 1. The van der Waals surface area contributed by atoms with Gasteiger partial charge in [0.2, 0.25) is 0 Å². The first-order chi connectivity index (χ1) is 10.2. The quantitative estimate of drug-likeness (QED) is 0.743. The average Bonchev–Trinajstić information content (AvgIpc) is 2.77. The zero-order valence-electron chi connectivity index (χ0n) is 13.1. The molecule has 1 atom stereocenters. The Labute approximate surface area is 137 Å². The molecule has 0 radical (unpaired) electrons. The van der Waals surface area contributed by atoms with Crippen LogP contribution in [-0.4, -0.2) is 44.8 Å². The van der Waals surface area contributed by atoms with Gasteiger partial charge in [-0.3, -0.25) is 4.90 Å². The Balaban J connectivity index is 2.28. The summed E-state index contributed by atoms with van der Waals surface area (Å²) < 4.78 is 13.0. The number of carbonyl (C=O) groups is 2. The Morgan fingerprint density at radius 1 is 1.45 bits per heavy atom. The maximum absolute atomic E-state index is 12.4. The number of aromatic nitrogens is 2. The molecule has 1 aliphatic heterocycles. The van der Waals surface area contributed by atoms with E-state index in [9.17, 15) is 9.59 Å². The lowest BCUT2D eigenvalue weighted by Gasteiger charge is -2.36. The van der Waals surface area contributed by atoms with Gasteiger partial charge in [-0.15, -0.1) is 0 Å². The van der Waals surface area contributed by atoms with Crippen LogP contribution in [0.25, 0.3) is 0 Å². The topological polar surface area (TPSA) is 73.7 Å². The van der Waals surface area contributed by atoms with E-state index in [1.165, 1.54) is 4.90 Å². The maximum Gasteiger partial charge on any atom is 0.411 e. The van der Waals surface area contributed by atoms with Gasteiger partial charge in [0.1, 0.15) is 5.60 Å². The third kappa shape index (κ3) is 3.60. The first kappa shape index (κ1) is 16.8. The van der Waals surface area contributed by atoms with Crippen molar-refractivity contribution in [2.75, 3.05) is 6.61 Å². The lowest BCUT2D eigenvalue weighted by Crippen LogP contribution is -2.52. The summed E-state index contributed by atoms with van der Waals surface area (Å²) in [5.74, 6) is -0.445. The normalized spacial score (nSPS) is 17.9. The Hall–Kier alpha value is -1.57. The second-order valence-electron chi connectivity index (χ2n) is 6.01. The number of imidazole rings is 1. The largest absolute Gasteiger partial charge is 0.464 e. The molecule has 0 spiro atoms. The van der Waals surface area contributed by atoms with Crippen molar-refractivity contribution >= 4 is 28.0 Å². The van der Waals surface area contributed by atoms with Crippen LogP contribution >= 0.6 is 15.9 Å². The van der Waals surface area contributed by atoms with Crippen molar-refractivity contribution in [2.45, 2.75) is 52.4 Å². The Morgan fingerprint density at radius 3 is 2.73 bits per heavy atom. The molecule has 8 heteroatoms. The SMILES string of the molecule is CCOC(=O)C1Cn2c(cnc2Br)CN1C(=O)OC(C)(C)C. The molecule has 2 heterocycles. The predicted molar refractivity (Wildman–Crippen MR) is 82.1 cm³/mol. The fourth-order valence-corrected chi connectivity index (χ4v) is 2.69. The maximum atomic E-state index is 12.4. The van der Waals surface area contributed by atoms with Crippen molar-refractivity contribution in [1.82, 2.24) is 14.5 Å². The molecule has 0 saturated carbocycles. The molecule has 0 saturated heterocycles. The number of halogens is 1. The van der Waals surface area contributed by atoms with E-state index < -0.39 is 23.7 Å². The first-order valence-electron chi connectivity index (χ1n) is 7.09. The minimum Gasteiger partial charge on any atom is -0.464 e. The van der Waals surface area contributed by atoms with Crippen molar-refractivity contribution in [2.24, 2.45) is 0 Å². The predicted octanol–water partition coefficient (Wildman–Crippen LogP) is 2.33. The zero-order chi connectivity index (χ0) is 16.5. The van der Waals surface area contributed by atoms with Crippen LogP contribution in [0.15, 0.2) is 10.9 Å². The van der Waals surface area contributed by atoms with Crippen LogP contribution in [0.1, 0.15) is 33.4 Å². The Kier molecular flexibility index (Phi) is 4.79. The van der Waals surface area contributed by atoms with Gasteiger partial charge in [0.25, 0.3) is 0 Å². The summed E-state index contributed by atoms with van der Waals surface area (Å²) in [7, 11) is 0. The zero-order valence-corrected chi connectivity index (χ0v) is 14.7. The van der Waals surface area contributed by atoms with Gasteiger partial charge in [0.15, 0.2) is 10.8 Å². The van der Waals surface area contributed by atoms with Gasteiger partial charge in [0, 0.05) is 0 Å². The number of ether oxygens (including phenoxy) is 2. The summed E-state index contributed by atoms with van der Waals surface area (Å²) in [5, 5.41) is 0. The van der Waals surface area contributed by atoms with Gasteiger partial charge < -0.3 is 14.0 Å². The van der Waals surface area contributed by atoms with Gasteiger partial charge in [-0.1, -0.05) is 0 Å². The third-order valence-corrected chi connectivity index (χ3v) is 3.77. The van der Waals surface area contributed by atoms with Crippen molar-refractivity contribution < 1.29 is 19.1 Å². The molecule has 0 fully saturated rings. The van der Waals surface area contributed by atoms with Crippen molar-refractivity contribution in [3.05, 3.63) is 16.6 Å². The van der Waals surface area contributed by atoms with Crippen LogP contribution in [0, 0.1) is 0 Å². The summed E-state index contributed by atoms with van der Waals surface area (Å²) in [6.07, 6.45) is 1.14. The number of carbonyl (C=O) groups excluding carboxylic acids is 2. The summed E-state index contributed by atoms with van der Waals surface area (Å²) in [5.41, 5.74) is 0.201. The van der Waals surface area contributed by atoms with Gasteiger partial charge >= 0.3 is 12.1 Å². The van der Waals surface area contributed by atoms with Crippen molar-refractivity contribution in [3.63, 3.8) is 0 Å². The molecule has 0 aliphatic carbocycles. The van der Waals surface area contributed by atoms with Gasteiger partial charge in [-0.05, 0) is 43.6 Å². The molecule has 0 N–H and O–H groups in total. The van der Waals surface area contributed by atoms with E-state index in [4.69, 9.17) is 9.47 Å². The van der Waals surface area contributed by atoms with Crippen molar-refractivity contribution in [3.8, 4) is 0 Å². The molecular formula is C14H20BrN3O4. The van der Waals surface area contributed by atoms with Crippen LogP contribution in [0.5, 0.6) is 0 Å². The first-order valence-corrected chi connectivity index (χ1v) is 7.88. The van der Waals surface area contributed by atoms with E-state index in [1.54, 1.807) is 33.9 Å². The van der Waals surface area contributed by atoms with Gasteiger partial charge in [0.05, 0.1) is 31.6 Å². The number of amides is 1. The molecule has 22 heavy (non-hydrogen) atoms. The number of fused-ring (bicyclic) bond motifs is 1. The minimum atomic E-state index is -0.729. The smallest absolute Gasteiger partial charge is 0.411 e. The summed E-state index contributed by atoms with van der Waals surface area (Å²) in [4.78, 5) is 30.2. The molecule has 1 unspecified atom stereocenters. The Bertz CT molecular complexity index is 579. The molecular weight excluding hydrogens is 354 g/mol. The molecule has 0 bridgehead atoms. The number of hydrogen-bond donors (Lipinski definition) is 0. The number of hydrogen-bond acceptors (Lipinski definition) is 5. The van der Waals surface area contributed by atoms with E-state index in [0.29, 0.717) is 4.73 Å². The highest BCUT2D eigenvalue weighted by Gasteiger charge is 2.38. The summed E-state index contributed by atoms with van der Waals surface area (Å²) in [6.45, 7) is 7.89. The lowest BCUT2D eigenvalue weighted by molar-refractivity contribution is -0.151. The molecule has 1 amide bonds. The van der Waals surface area contributed by atoms with E-state index in [1.807, 2.05) is 4.57 Å². The monoisotopic (exact) mass is 373 g/mol. The van der Waals surface area contributed by atoms with E-state index in [-0.39, 0.29) is 19.7 Å². The van der Waals surface area contributed by atoms with Crippen LogP contribution in [0.3, 0.4) is 0 Å². The molecule has 0 aromatic carbocycles. The fourth-order valence-electron chi connectivity index (χ4n) is 2.21. The Morgan fingerprint density at radius 2 is 2.14 bits per heavy atom. The van der Waals surface area contributed by atoms with E-state index in [0.717, 1.165) is 5.69 Å². The number of rotatable bonds is 2. The highest BCUT2D eigenvalue weighted by molar-refractivity contribution is 9.10. The molecule has 1 aromatic heterocycles. The van der Waals surface area contributed by atoms with E-state index >= 15 is 0 Å². The minimum absolute atomic E-state index is 0.247. The van der Waals surface area contributed by atoms with E-state index in [2.05, 4.69) is 20.9 Å². The summed E-state index contributed by atoms with van der Waals surface area (Å²) >= 11 is 3.34. The summed E-state index contributed by atoms with van der Waals surface area (Å²) in [6, 6.07) is -0.729. The highest BCUT2D eigenvalue weighted by atomic mass is 79.9. The standard InChI is InChI=1S/C14H20BrN3O4/c1-5-21-11(19)10-8-17-9(6-16-12(17)15)7-18(10)13(20)22-14(2,3)4/h6,10H,5,7-8H2,1-4H3. The van der Waals surface area contributed by atoms with Crippen LogP contribution in [0.4, 0.5) is 4.79 Å². The average molecular weight is 374 g/mol. The van der Waals surface area contributed by atoms with Gasteiger partial charge in [-0.25, -0.2) is 14.6 Å². The molecule has 1 aromatic rings. The third-order valence-electron chi connectivity index (χ3n) is 3.14. The fraction of sp³-hybridized carbons (Fsp3) is 0.643.